The maximum absolute atomic E-state index is 6.35. The largest absolute Gasteiger partial charge is 0.330 e. The average Bonchev–Trinajstić information content (AvgIpc) is 2.32. The SMILES string of the molecule is CCCCCCOP(=S)(Cl)Sc1ccc(Br)cc1C. The van der Waals surface area contributed by atoms with Crippen LogP contribution in [-0.4, -0.2) is 6.61 Å². The Kier molecular flexibility index (Phi) is 8.59. The fourth-order valence-electron chi connectivity index (χ4n) is 1.56. The molecule has 0 amide bonds. The van der Waals surface area contributed by atoms with Crippen LogP contribution >= 0.6 is 43.4 Å². The minimum Gasteiger partial charge on any atom is -0.330 e. The first kappa shape index (κ1) is 18.0. The molecule has 1 rings (SSSR count). The molecule has 0 bridgehead atoms. The van der Waals surface area contributed by atoms with Crippen molar-refractivity contribution in [1.29, 1.82) is 0 Å². The second-order valence-corrected chi connectivity index (χ2v) is 13.9. The van der Waals surface area contributed by atoms with E-state index in [4.69, 9.17) is 27.6 Å². The third kappa shape index (κ3) is 7.50. The van der Waals surface area contributed by atoms with Crippen molar-refractivity contribution < 1.29 is 4.52 Å². The first-order valence-corrected chi connectivity index (χ1v) is 12.2. The number of hydrogen-bond donors (Lipinski definition) is 0. The van der Waals surface area contributed by atoms with E-state index in [1.165, 1.54) is 36.2 Å². The van der Waals surface area contributed by atoms with Crippen molar-refractivity contribution in [2.24, 2.45) is 0 Å². The Morgan fingerprint density at radius 1 is 1.37 bits per heavy atom. The second-order valence-electron chi connectivity index (χ2n) is 4.33. The highest BCUT2D eigenvalue weighted by molar-refractivity contribution is 9.10. The third-order valence-electron chi connectivity index (χ3n) is 2.59. The van der Waals surface area contributed by atoms with Gasteiger partial charge in [0.15, 0.2) is 0 Å². The molecule has 0 heterocycles. The van der Waals surface area contributed by atoms with Crippen LogP contribution in [0.2, 0.25) is 0 Å². The molecule has 1 aromatic carbocycles. The van der Waals surface area contributed by atoms with Gasteiger partial charge in [-0.05, 0) is 71.5 Å². The van der Waals surface area contributed by atoms with Crippen LogP contribution < -0.4 is 0 Å². The average molecular weight is 402 g/mol. The molecule has 0 aliphatic heterocycles. The molecule has 0 saturated heterocycles. The van der Waals surface area contributed by atoms with Gasteiger partial charge in [0.05, 0.1) is 6.61 Å². The van der Waals surface area contributed by atoms with Crippen LogP contribution in [0.4, 0.5) is 0 Å². The lowest BCUT2D eigenvalue weighted by molar-refractivity contribution is 0.348. The van der Waals surface area contributed by atoms with Crippen molar-refractivity contribution in [3.63, 3.8) is 0 Å². The van der Waals surface area contributed by atoms with Crippen molar-refractivity contribution in [2.75, 3.05) is 6.61 Å². The number of halogens is 2. The first-order chi connectivity index (χ1) is 8.94. The normalized spacial score (nSPS) is 14.3. The Morgan fingerprint density at radius 2 is 2.11 bits per heavy atom. The molecule has 19 heavy (non-hydrogen) atoms. The smallest absolute Gasteiger partial charge is 0.212 e. The van der Waals surface area contributed by atoms with Gasteiger partial charge in [-0.25, -0.2) is 0 Å². The molecule has 0 N–H and O–H groups in total. The highest BCUT2D eigenvalue weighted by Gasteiger charge is 2.17. The number of hydrogen-bond acceptors (Lipinski definition) is 3. The quantitative estimate of drug-likeness (QED) is 0.346. The van der Waals surface area contributed by atoms with E-state index in [-0.39, 0.29) is 0 Å². The summed E-state index contributed by atoms with van der Waals surface area (Å²) in [5, 5.41) is 0. The van der Waals surface area contributed by atoms with E-state index in [9.17, 15) is 0 Å². The summed E-state index contributed by atoms with van der Waals surface area (Å²) in [4.78, 5) is -1.19. The lowest BCUT2D eigenvalue weighted by Crippen LogP contribution is -1.89. The van der Waals surface area contributed by atoms with Gasteiger partial charge in [0.25, 0.3) is 0 Å². The van der Waals surface area contributed by atoms with E-state index in [0.29, 0.717) is 6.61 Å². The van der Waals surface area contributed by atoms with Crippen LogP contribution in [-0.2, 0) is 16.3 Å². The van der Waals surface area contributed by atoms with E-state index < -0.39 is 4.82 Å². The molecular formula is C13H19BrClOPS2. The Hall–Kier alpha value is 0.950. The van der Waals surface area contributed by atoms with Gasteiger partial charge in [0.1, 0.15) is 0 Å². The molecule has 0 fully saturated rings. The number of rotatable bonds is 8. The Labute approximate surface area is 138 Å². The minimum absolute atomic E-state index is 0.670. The number of benzene rings is 1. The Morgan fingerprint density at radius 3 is 2.74 bits per heavy atom. The van der Waals surface area contributed by atoms with Crippen LogP contribution in [0.15, 0.2) is 27.6 Å². The molecule has 1 atom stereocenters. The Bertz CT molecular complexity index is 456. The van der Waals surface area contributed by atoms with Crippen LogP contribution in [0.1, 0.15) is 38.2 Å². The predicted octanol–water partition coefficient (Wildman–Crippen LogP) is 6.91. The van der Waals surface area contributed by atoms with Gasteiger partial charge in [0, 0.05) is 9.37 Å². The fraction of sp³-hybridized carbons (Fsp3) is 0.538. The van der Waals surface area contributed by atoms with Crippen molar-refractivity contribution >= 4 is 55.2 Å². The summed E-state index contributed by atoms with van der Waals surface area (Å²) in [6.45, 7) is 4.92. The van der Waals surface area contributed by atoms with E-state index in [0.717, 1.165) is 15.8 Å². The van der Waals surface area contributed by atoms with Crippen LogP contribution in [0.3, 0.4) is 0 Å². The van der Waals surface area contributed by atoms with Crippen molar-refractivity contribution in [3.05, 3.63) is 28.2 Å². The van der Waals surface area contributed by atoms with Crippen molar-refractivity contribution in [3.8, 4) is 0 Å². The minimum atomic E-state index is -2.30. The van der Waals surface area contributed by atoms with Crippen LogP contribution in [0, 0.1) is 6.92 Å². The Balaban J connectivity index is 2.47. The summed E-state index contributed by atoms with van der Waals surface area (Å²) < 4.78 is 6.78. The van der Waals surface area contributed by atoms with Gasteiger partial charge < -0.3 is 4.52 Å². The highest BCUT2D eigenvalue weighted by Crippen LogP contribution is 2.67. The highest BCUT2D eigenvalue weighted by atomic mass is 79.9. The molecule has 1 aromatic rings. The molecule has 0 spiro atoms. The molecule has 6 heteroatoms. The summed E-state index contributed by atoms with van der Waals surface area (Å²) in [6, 6.07) is 6.10. The lowest BCUT2D eigenvalue weighted by Gasteiger charge is -2.15. The van der Waals surface area contributed by atoms with E-state index in [1.807, 2.05) is 12.1 Å². The maximum atomic E-state index is 6.35. The standard InChI is InChI=1S/C13H19BrClOPS2/c1-3-4-5-6-9-16-17(15,18)19-13-8-7-12(14)10-11(13)2/h7-8,10H,3-6,9H2,1-2H3. The molecule has 1 unspecified atom stereocenters. The zero-order chi connectivity index (χ0) is 14.3. The number of unbranched alkanes of at least 4 members (excludes halogenated alkanes) is 3. The molecule has 0 aliphatic carbocycles. The molecule has 108 valence electrons. The van der Waals surface area contributed by atoms with E-state index in [2.05, 4.69) is 35.8 Å². The topological polar surface area (TPSA) is 9.23 Å². The molecule has 0 aliphatic rings. The number of aryl methyl sites for hydroxylation is 1. The monoisotopic (exact) mass is 400 g/mol. The van der Waals surface area contributed by atoms with Crippen molar-refractivity contribution in [2.45, 2.75) is 44.4 Å². The zero-order valence-corrected chi connectivity index (χ0v) is 16.1. The van der Waals surface area contributed by atoms with Gasteiger partial charge >= 0.3 is 0 Å². The summed E-state index contributed by atoms with van der Waals surface area (Å²) in [5.74, 6) is 0. The molecule has 0 radical (unpaired) electrons. The zero-order valence-electron chi connectivity index (χ0n) is 11.2. The third-order valence-corrected chi connectivity index (χ3v) is 7.91. The molecule has 0 aromatic heterocycles. The van der Waals surface area contributed by atoms with Crippen molar-refractivity contribution in [1.82, 2.24) is 0 Å². The summed E-state index contributed by atoms with van der Waals surface area (Å²) in [6.07, 6.45) is 4.69. The van der Waals surface area contributed by atoms with Gasteiger partial charge in [-0.1, -0.05) is 42.1 Å². The van der Waals surface area contributed by atoms with Gasteiger partial charge in [-0.3, -0.25) is 0 Å². The van der Waals surface area contributed by atoms with Gasteiger partial charge in [-0.2, -0.15) is 0 Å². The summed E-state index contributed by atoms with van der Waals surface area (Å²) in [7, 11) is 0. The van der Waals surface area contributed by atoms with Gasteiger partial charge in [0.2, 0.25) is 4.82 Å². The lowest BCUT2D eigenvalue weighted by atomic mass is 10.2. The van der Waals surface area contributed by atoms with E-state index in [1.54, 1.807) is 0 Å². The molecule has 1 nitrogen and oxygen atoms in total. The second kappa shape index (κ2) is 9.07. The summed E-state index contributed by atoms with van der Waals surface area (Å²) in [5.41, 5.74) is 1.17. The van der Waals surface area contributed by atoms with Crippen LogP contribution in [0.25, 0.3) is 0 Å². The first-order valence-electron chi connectivity index (χ1n) is 6.34. The van der Waals surface area contributed by atoms with Gasteiger partial charge in [-0.15, -0.1) is 0 Å². The molecule has 0 saturated carbocycles. The maximum Gasteiger partial charge on any atom is 0.212 e. The predicted molar refractivity (Wildman–Crippen MR) is 95.0 cm³/mol. The van der Waals surface area contributed by atoms with Crippen LogP contribution in [0.5, 0.6) is 0 Å². The fourth-order valence-corrected chi connectivity index (χ4v) is 6.53. The molecular weight excluding hydrogens is 383 g/mol. The summed E-state index contributed by atoms with van der Waals surface area (Å²) >= 11 is 16.7. The van der Waals surface area contributed by atoms with E-state index >= 15 is 0 Å².